The first-order chi connectivity index (χ1) is 34.5. The zero-order valence-corrected chi connectivity index (χ0v) is 47.5. The Balaban J connectivity index is 3.37. The lowest BCUT2D eigenvalue weighted by Gasteiger charge is -2.22. The van der Waals surface area contributed by atoms with Crippen LogP contribution < -0.4 is 5.32 Å². The number of nitrogens with one attached hydrogen (secondary N) is 1. The molecule has 0 bridgehead atoms. The molecule has 0 aliphatic rings. The van der Waals surface area contributed by atoms with Crippen molar-refractivity contribution in [2.24, 2.45) is 0 Å². The number of carbonyl (C=O) groups excluding carboxylic acids is 2. The fourth-order valence-corrected chi connectivity index (χ4v) is 10.2. The predicted octanol–water partition coefficient (Wildman–Crippen LogP) is 20.0. The van der Waals surface area contributed by atoms with Gasteiger partial charge in [-0.1, -0.05) is 309 Å². The van der Waals surface area contributed by atoms with Crippen molar-refractivity contribution >= 4 is 11.9 Å². The number of aliphatic hydroxyl groups excluding tert-OH is 2. The van der Waals surface area contributed by atoms with Gasteiger partial charge in [-0.25, -0.2) is 0 Å². The normalized spacial score (nSPS) is 12.6. The van der Waals surface area contributed by atoms with Crippen molar-refractivity contribution in [1.29, 1.82) is 0 Å². The molecule has 0 aliphatic heterocycles. The average Bonchev–Trinajstić information content (AvgIpc) is 3.36. The highest BCUT2D eigenvalue weighted by atomic mass is 16.5. The maximum Gasteiger partial charge on any atom is 0.305 e. The summed E-state index contributed by atoms with van der Waals surface area (Å²) in [6.45, 7) is 4.97. The number of unbranched alkanes of at least 4 members (excludes halogenated alkanes) is 47. The van der Waals surface area contributed by atoms with Gasteiger partial charge in [-0.3, -0.25) is 9.59 Å². The Morgan fingerprint density at radius 1 is 0.386 bits per heavy atom. The zero-order chi connectivity index (χ0) is 50.7. The molecule has 416 valence electrons. The molecule has 0 saturated heterocycles. The summed E-state index contributed by atoms with van der Waals surface area (Å²) in [5, 5.41) is 23.2. The number of allylic oxidation sites excluding steroid dienone is 2. The van der Waals surface area contributed by atoms with Crippen molar-refractivity contribution < 1.29 is 24.5 Å². The van der Waals surface area contributed by atoms with E-state index >= 15 is 0 Å². The number of ether oxygens (including phenoxy) is 1. The first kappa shape index (κ1) is 68.6. The fourth-order valence-electron chi connectivity index (χ4n) is 10.2. The number of esters is 1. The van der Waals surface area contributed by atoms with Crippen LogP contribution in [0.4, 0.5) is 0 Å². The lowest BCUT2D eigenvalue weighted by atomic mass is 10.0. The average molecular weight is 989 g/mol. The summed E-state index contributed by atoms with van der Waals surface area (Å²) in [6, 6.07) is -0.545. The molecule has 2 atom stereocenters. The van der Waals surface area contributed by atoms with Gasteiger partial charge in [0.15, 0.2) is 0 Å². The minimum atomic E-state index is -0.667. The molecule has 0 saturated carbocycles. The molecule has 0 aromatic heterocycles. The van der Waals surface area contributed by atoms with E-state index < -0.39 is 12.1 Å². The van der Waals surface area contributed by atoms with E-state index in [1.54, 1.807) is 0 Å². The summed E-state index contributed by atoms with van der Waals surface area (Å²) in [5.74, 6) is -0.0254. The van der Waals surface area contributed by atoms with E-state index in [2.05, 4.69) is 31.3 Å². The summed E-state index contributed by atoms with van der Waals surface area (Å²) in [5.41, 5.74) is 0. The minimum Gasteiger partial charge on any atom is -0.466 e. The molecule has 0 fully saturated rings. The van der Waals surface area contributed by atoms with Gasteiger partial charge in [-0.05, 0) is 51.4 Å². The van der Waals surface area contributed by atoms with Gasteiger partial charge < -0.3 is 20.3 Å². The van der Waals surface area contributed by atoms with E-state index in [-0.39, 0.29) is 18.5 Å². The van der Waals surface area contributed by atoms with E-state index in [0.717, 1.165) is 38.5 Å². The summed E-state index contributed by atoms with van der Waals surface area (Å²) in [4.78, 5) is 24.6. The Morgan fingerprint density at radius 2 is 0.671 bits per heavy atom. The van der Waals surface area contributed by atoms with Gasteiger partial charge in [-0.15, -0.1) is 0 Å². The van der Waals surface area contributed by atoms with Crippen molar-refractivity contribution in [3.05, 3.63) is 12.2 Å². The van der Waals surface area contributed by atoms with Crippen LogP contribution in [0.5, 0.6) is 0 Å². The standard InChI is InChI=1S/C64H125NO5/c1-3-5-7-9-11-13-15-17-18-19-24-28-31-34-38-42-46-50-54-58-64(69)70-59-55-51-47-43-39-35-32-29-26-23-21-20-22-25-27-30-33-37-41-45-49-53-57-63(68)65-61(60-66)62(67)56-52-48-44-40-36-16-14-12-10-8-6-4-2/h22,25,61-62,66-67H,3-21,23-24,26-60H2,1-2H3,(H,65,68)/b25-22-. The molecule has 0 heterocycles. The van der Waals surface area contributed by atoms with Crippen LogP contribution >= 0.6 is 0 Å². The fraction of sp³-hybridized carbons (Fsp3) is 0.938. The molecule has 1 amide bonds. The first-order valence-electron chi connectivity index (χ1n) is 31.9. The van der Waals surface area contributed by atoms with Gasteiger partial charge >= 0.3 is 5.97 Å². The lowest BCUT2D eigenvalue weighted by molar-refractivity contribution is -0.143. The Bertz CT molecular complexity index is 1050. The highest BCUT2D eigenvalue weighted by Gasteiger charge is 2.20. The largest absolute Gasteiger partial charge is 0.466 e. The van der Waals surface area contributed by atoms with Gasteiger partial charge in [0.1, 0.15) is 0 Å². The van der Waals surface area contributed by atoms with Gasteiger partial charge in [0, 0.05) is 12.8 Å². The molecule has 0 aromatic rings. The van der Waals surface area contributed by atoms with Crippen molar-refractivity contribution in [3.8, 4) is 0 Å². The number of rotatable bonds is 60. The van der Waals surface area contributed by atoms with E-state index in [0.29, 0.717) is 25.9 Å². The molecular formula is C64H125NO5. The third kappa shape index (κ3) is 55.9. The second-order valence-electron chi connectivity index (χ2n) is 22.1. The lowest BCUT2D eigenvalue weighted by Crippen LogP contribution is -2.45. The van der Waals surface area contributed by atoms with Crippen LogP contribution in [-0.2, 0) is 14.3 Å². The van der Waals surface area contributed by atoms with Crippen LogP contribution in [0.1, 0.15) is 361 Å². The molecule has 6 heteroatoms. The molecule has 0 aromatic carbocycles. The number of amides is 1. The van der Waals surface area contributed by atoms with Gasteiger partial charge in [0.2, 0.25) is 5.91 Å². The molecule has 0 rings (SSSR count). The highest BCUT2D eigenvalue weighted by Crippen LogP contribution is 2.18. The maximum atomic E-state index is 12.5. The molecule has 70 heavy (non-hydrogen) atoms. The quantitative estimate of drug-likeness (QED) is 0.0321. The second-order valence-corrected chi connectivity index (χ2v) is 22.1. The van der Waals surface area contributed by atoms with Crippen LogP contribution in [0.15, 0.2) is 12.2 Å². The summed E-state index contributed by atoms with van der Waals surface area (Å²) < 4.78 is 5.50. The molecule has 6 nitrogen and oxygen atoms in total. The van der Waals surface area contributed by atoms with Crippen LogP contribution in [0.25, 0.3) is 0 Å². The van der Waals surface area contributed by atoms with Crippen LogP contribution in [0.2, 0.25) is 0 Å². The number of aliphatic hydroxyl groups is 2. The zero-order valence-electron chi connectivity index (χ0n) is 47.5. The molecule has 3 N–H and O–H groups in total. The molecule has 0 radical (unpaired) electrons. The van der Waals surface area contributed by atoms with E-state index in [9.17, 15) is 19.8 Å². The molecule has 0 aliphatic carbocycles. The molecular weight excluding hydrogens is 863 g/mol. The number of hydrogen-bond acceptors (Lipinski definition) is 5. The highest BCUT2D eigenvalue weighted by molar-refractivity contribution is 5.76. The van der Waals surface area contributed by atoms with Crippen molar-refractivity contribution in [2.45, 2.75) is 373 Å². The Kier molecular flexibility index (Phi) is 59.0. The van der Waals surface area contributed by atoms with Gasteiger partial charge in [0.05, 0.1) is 25.4 Å². The van der Waals surface area contributed by atoms with Crippen molar-refractivity contribution in [3.63, 3.8) is 0 Å². The number of hydrogen-bond donors (Lipinski definition) is 3. The number of carbonyl (C=O) groups is 2. The molecule has 0 spiro atoms. The third-order valence-corrected chi connectivity index (χ3v) is 15.1. The van der Waals surface area contributed by atoms with Crippen LogP contribution in [0, 0.1) is 0 Å². The van der Waals surface area contributed by atoms with Crippen molar-refractivity contribution in [1.82, 2.24) is 5.32 Å². The Hall–Kier alpha value is -1.40. The Morgan fingerprint density at radius 3 is 1.01 bits per heavy atom. The van der Waals surface area contributed by atoms with E-state index in [1.807, 2.05) is 0 Å². The topological polar surface area (TPSA) is 95.9 Å². The maximum absolute atomic E-state index is 12.5. The summed E-state index contributed by atoms with van der Waals surface area (Å²) >= 11 is 0. The first-order valence-corrected chi connectivity index (χ1v) is 31.9. The summed E-state index contributed by atoms with van der Waals surface area (Å²) in [7, 11) is 0. The summed E-state index contributed by atoms with van der Waals surface area (Å²) in [6.07, 6.45) is 72.3. The van der Waals surface area contributed by atoms with Crippen molar-refractivity contribution in [2.75, 3.05) is 13.2 Å². The van der Waals surface area contributed by atoms with Crippen LogP contribution in [0.3, 0.4) is 0 Å². The molecule has 2 unspecified atom stereocenters. The van der Waals surface area contributed by atoms with E-state index in [1.165, 1.54) is 289 Å². The SMILES string of the molecule is CCCCCCCCCCCCCCCCCCCCCC(=O)OCCCCCCCCCCCCC/C=C\CCCCCCCCCC(=O)NC(CO)C(O)CCCCCCCCCCCCCC. The minimum absolute atomic E-state index is 0.0154. The van der Waals surface area contributed by atoms with Gasteiger partial charge in [-0.2, -0.15) is 0 Å². The monoisotopic (exact) mass is 988 g/mol. The predicted molar refractivity (Wildman–Crippen MR) is 306 cm³/mol. The Labute approximate surface area is 438 Å². The second kappa shape index (κ2) is 60.2. The van der Waals surface area contributed by atoms with Crippen LogP contribution in [-0.4, -0.2) is 47.4 Å². The van der Waals surface area contributed by atoms with Gasteiger partial charge in [0.25, 0.3) is 0 Å². The van der Waals surface area contributed by atoms with E-state index in [4.69, 9.17) is 4.74 Å². The third-order valence-electron chi connectivity index (χ3n) is 15.1. The smallest absolute Gasteiger partial charge is 0.305 e.